The van der Waals surface area contributed by atoms with E-state index in [2.05, 4.69) is 71.3 Å². The number of para-hydroxylation sites is 1. The predicted octanol–water partition coefficient (Wildman–Crippen LogP) is 6.74. The minimum absolute atomic E-state index is 0.952. The second-order valence-electron chi connectivity index (χ2n) is 7.03. The van der Waals surface area contributed by atoms with Gasteiger partial charge in [0.2, 0.25) is 0 Å². The Morgan fingerprint density at radius 1 is 0.577 bits per heavy atom. The fraction of sp³-hybridized carbons (Fsp3) is 0. The van der Waals surface area contributed by atoms with E-state index in [1.807, 2.05) is 12.1 Å². The molecule has 0 aliphatic carbocycles. The summed E-state index contributed by atoms with van der Waals surface area (Å²) in [4.78, 5) is 0. The maximum absolute atomic E-state index is 6.19. The van der Waals surface area contributed by atoms with E-state index in [0.717, 1.165) is 11.2 Å². The standard InChI is InChI=1S/C24H13NO/c1-2-6-15-14(5-1)9-10-16-19-13-21-22(17-7-3-4-8-20(17)26-21)18-11-12-25(23(15)16)24(18)19/h1-13H. The van der Waals surface area contributed by atoms with E-state index in [-0.39, 0.29) is 0 Å². The van der Waals surface area contributed by atoms with Crippen molar-refractivity contribution in [2.45, 2.75) is 0 Å². The van der Waals surface area contributed by atoms with Gasteiger partial charge < -0.3 is 8.82 Å². The third-order valence-corrected chi connectivity index (χ3v) is 5.74. The molecule has 26 heavy (non-hydrogen) atoms. The first kappa shape index (κ1) is 12.8. The van der Waals surface area contributed by atoms with Crippen molar-refractivity contribution < 1.29 is 4.42 Å². The van der Waals surface area contributed by atoms with Gasteiger partial charge in [0.15, 0.2) is 0 Å². The molecule has 0 saturated carbocycles. The van der Waals surface area contributed by atoms with Gasteiger partial charge in [0.1, 0.15) is 11.2 Å². The van der Waals surface area contributed by atoms with Gasteiger partial charge in [-0.15, -0.1) is 0 Å². The van der Waals surface area contributed by atoms with E-state index in [4.69, 9.17) is 4.42 Å². The maximum atomic E-state index is 6.19. The first-order valence-electron chi connectivity index (χ1n) is 8.88. The third kappa shape index (κ3) is 1.33. The molecule has 3 heterocycles. The summed E-state index contributed by atoms with van der Waals surface area (Å²) in [7, 11) is 0. The van der Waals surface area contributed by atoms with Crippen LogP contribution < -0.4 is 0 Å². The van der Waals surface area contributed by atoms with Gasteiger partial charge >= 0.3 is 0 Å². The number of fused-ring (bicyclic) bond motifs is 9. The predicted molar refractivity (Wildman–Crippen MR) is 108 cm³/mol. The summed E-state index contributed by atoms with van der Waals surface area (Å²) >= 11 is 0. The molecule has 0 bridgehead atoms. The highest BCUT2D eigenvalue weighted by atomic mass is 16.3. The molecule has 2 heteroatoms. The van der Waals surface area contributed by atoms with Crippen LogP contribution in [0.15, 0.2) is 83.4 Å². The summed E-state index contributed by atoms with van der Waals surface area (Å²) in [6, 6.07) is 25.8. The molecule has 0 aliphatic heterocycles. The van der Waals surface area contributed by atoms with Crippen LogP contribution in [0, 0.1) is 0 Å². The van der Waals surface area contributed by atoms with Crippen LogP contribution in [0.25, 0.3) is 59.9 Å². The van der Waals surface area contributed by atoms with E-state index in [1.165, 1.54) is 48.7 Å². The van der Waals surface area contributed by atoms with Crippen LogP contribution in [0.1, 0.15) is 0 Å². The van der Waals surface area contributed by atoms with E-state index < -0.39 is 0 Å². The van der Waals surface area contributed by atoms with Gasteiger partial charge in [0.25, 0.3) is 0 Å². The molecule has 0 atom stereocenters. The van der Waals surface area contributed by atoms with E-state index >= 15 is 0 Å². The maximum Gasteiger partial charge on any atom is 0.136 e. The van der Waals surface area contributed by atoms with E-state index in [9.17, 15) is 0 Å². The molecule has 0 radical (unpaired) electrons. The fourth-order valence-corrected chi connectivity index (χ4v) is 4.68. The van der Waals surface area contributed by atoms with Crippen molar-refractivity contribution in [3.8, 4) is 0 Å². The summed E-state index contributed by atoms with van der Waals surface area (Å²) in [6.07, 6.45) is 2.20. The zero-order valence-corrected chi connectivity index (χ0v) is 13.9. The van der Waals surface area contributed by atoms with Gasteiger partial charge in [-0.1, -0.05) is 54.6 Å². The Morgan fingerprint density at radius 3 is 2.35 bits per heavy atom. The lowest BCUT2D eigenvalue weighted by molar-refractivity contribution is 0.669. The third-order valence-electron chi connectivity index (χ3n) is 5.74. The molecule has 7 rings (SSSR count). The molecule has 0 N–H and O–H groups in total. The highest BCUT2D eigenvalue weighted by molar-refractivity contribution is 6.29. The minimum atomic E-state index is 0.952. The molecular formula is C24H13NO. The highest BCUT2D eigenvalue weighted by Gasteiger charge is 2.19. The molecule has 0 spiro atoms. The van der Waals surface area contributed by atoms with Gasteiger partial charge in [-0.25, -0.2) is 0 Å². The molecule has 0 unspecified atom stereocenters. The van der Waals surface area contributed by atoms with Crippen LogP contribution in [0.2, 0.25) is 0 Å². The molecule has 7 aromatic rings. The Balaban J connectivity index is 1.84. The normalized spacial score (nSPS) is 12.6. The van der Waals surface area contributed by atoms with Crippen molar-refractivity contribution >= 4 is 59.9 Å². The van der Waals surface area contributed by atoms with Gasteiger partial charge in [0, 0.05) is 38.5 Å². The number of furan rings is 1. The molecule has 3 aromatic heterocycles. The van der Waals surface area contributed by atoms with Crippen molar-refractivity contribution in [3.05, 3.63) is 79.0 Å². The van der Waals surface area contributed by atoms with Crippen LogP contribution >= 0.6 is 0 Å². The molecule has 0 aliphatic rings. The van der Waals surface area contributed by atoms with E-state index in [1.54, 1.807) is 0 Å². The largest absolute Gasteiger partial charge is 0.456 e. The number of nitrogens with zero attached hydrogens (tertiary/aromatic N) is 1. The molecule has 0 saturated heterocycles. The Kier molecular flexibility index (Phi) is 2.05. The van der Waals surface area contributed by atoms with E-state index in [0.29, 0.717) is 0 Å². The van der Waals surface area contributed by atoms with Gasteiger partial charge in [-0.05, 0) is 23.6 Å². The number of hydrogen-bond donors (Lipinski definition) is 0. The Hall–Kier alpha value is -3.52. The fourth-order valence-electron chi connectivity index (χ4n) is 4.68. The van der Waals surface area contributed by atoms with Crippen LogP contribution in [-0.2, 0) is 0 Å². The number of aromatic nitrogens is 1. The summed E-state index contributed by atoms with van der Waals surface area (Å²) in [6.45, 7) is 0. The lowest BCUT2D eigenvalue weighted by atomic mass is 10.0. The van der Waals surface area contributed by atoms with Crippen LogP contribution in [0.4, 0.5) is 0 Å². The average Bonchev–Trinajstić information content (AvgIpc) is 3.35. The molecule has 0 fully saturated rings. The highest BCUT2D eigenvalue weighted by Crippen LogP contribution is 2.42. The van der Waals surface area contributed by atoms with Gasteiger partial charge in [-0.3, -0.25) is 0 Å². The minimum Gasteiger partial charge on any atom is -0.456 e. The molecular weight excluding hydrogens is 318 g/mol. The lowest BCUT2D eigenvalue weighted by Gasteiger charge is -2.00. The number of rotatable bonds is 0. The summed E-state index contributed by atoms with van der Waals surface area (Å²) in [5.41, 5.74) is 4.49. The lowest BCUT2D eigenvalue weighted by Crippen LogP contribution is -1.79. The van der Waals surface area contributed by atoms with Crippen molar-refractivity contribution in [1.29, 1.82) is 0 Å². The van der Waals surface area contributed by atoms with Crippen molar-refractivity contribution in [2.75, 3.05) is 0 Å². The summed E-state index contributed by atoms with van der Waals surface area (Å²) in [5.74, 6) is 0. The molecule has 120 valence electrons. The zero-order valence-electron chi connectivity index (χ0n) is 13.9. The smallest absolute Gasteiger partial charge is 0.136 e. The Morgan fingerprint density at radius 2 is 1.38 bits per heavy atom. The Bertz CT molecular complexity index is 1620. The van der Waals surface area contributed by atoms with Crippen molar-refractivity contribution in [1.82, 2.24) is 4.40 Å². The zero-order chi connectivity index (χ0) is 16.8. The second kappa shape index (κ2) is 4.17. The summed E-state index contributed by atoms with van der Waals surface area (Å²) < 4.78 is 8.54. The van der Waals surface area contributed by atoms with Crippen LogP contribution in [0.3, 0.4) is 0 Å². The van der Waals surface area contributed by atoms with Gasteiger partial charge in [-0.2, -0.15) is 0 Å². The first-order chi connectivity index (χ1) is 12.9. The second-order valence-corrected chi connectivity index (χ2v) is 7.03. The topological polar surface area (TPSA) is 17.6 Å². The number of hydrogen-bond acceptors (Lipinski definition) is 1. The molecule has 2 nitrogen and oxygen atoms in total. The van der Waals surface area contributed by atoms with Crippen LogP contribution in [0.5, 0.6) is 0 Å². The van der Waals surface area contributed by atoms with Crippen LogP contribution in [-0.4, -0.2) is 4.40 Å². The number of benzene rings is 4. The van der Waals surface area contributed by atoms with Crippen molar-refractivity contribution in [2.24, 2.45) is 0 Å². The SMILES string of the molecule is c1ccc2c(c1)ccc1c3cc4oc5ccccc5c4c4ccn(c21)c34. The van der Waals surface area contributed by atoms with Crippen molar-refractivity contribution in [3.63, 3.8) is 0 Å². The Labute approximate surface area is 148 Å². The quantitative estimate of drug-likeness (QED) is 0.301. The molecule has 4 aromatic carbocycles. The average molecular weight is 331 g/mol. The monoisotopic (exact) mass is 331 g/mol. The van der Waals surface area contributed by atoms with Gasteiger partial charge in [0.05, 0.1) is 11.0 Å². The first-order valence-corrected chi connectivity index (χ1v) is 8.88. The molecule has 0 amide bonds. The summed E-state index contributed by atoms with van der Waals surface area (Å²) in [5, 5.41) is 8.78.